The lowest BCUT2D eigenvalue weighted by atomic mass is 10.0. The van der Waals surface area contributed by atoms with Gasteiger partial charge in [-0.05, 0) is 42.0 Å². The lowest BCUT2D eigenvalue weighted by molar-refractivity contribution is 0.103. The van der Waals surface area contributed by atoms with Crippen LogP contribution in [0, 0.1) is 5.82 Å². The molecule has 1 heterocycles. The van der Waals surface area contributed by atoms with Crippen LogP contribution in [0.2, 0.25) is 5.02 Å². The van der Waals surface area contributed by atoms with Gasteiger partial charge >= 0.3 is 0 Å². The van der Waals surface area contributed by atoms with Gasteiger partial charge in [0.25, 0.3) is 0 Å². The van der Waals surface area contributed by atoms with Crippen molar-refractivity contribution in [1.82, 2.24) is 0 Å². The second-order valence-corrected chi connectivity index (χ2v) is 6.06. The number of benzene rings is 2. The molecule has 0 amide bonds. The Kier molecular flexibility index (Phi) is 3.74. The molecule has 5 heteroatoms. The Bertz CT molecular complexity index is 771. The summed E-state index contributed by atoms with van der Waals surface area (Å²) >= 11 is 7.35. The molecule has 0 bridgehead atoms. The van der Waals surface area contributed by atoms with E-state index in [1.807, 2.05) is 0 Å². The van der Waals surface area contributed by atoms with E-state index in [9.17, 15) is 14.3 Å². The summed E-state index contributed by atoms with van der Waals surface area (Å²) in [6.45, 7) is 0. The number of thioether (sulfide) groups is 1. The average Bonchev–Trinajstić information content (AvgIpc) is 2.46. The molecule has 0 atom stereocenters. The van der Waals surface area contributed by atoms with Gasteiger partial charge in [-0.3, -0.25) is 4.79 Å². The van der Waals surface area contributed by atoms with Gasteiger partial charge in [0.05, 0.1) is 5.02 Å². The third kappa shape index (κ3) is 2.82. The molecule has 21 heavy (non-hydrogen) atoms. The molecule has 1 N–H and O–H groups in total. The second kappa shape index (κ2) is 5.54. The zero-order valence-electron chi connectivity index (χ0n) is 10.8. The summed E-state index contributed by atoms with van der Waals surface area (Å²) in [5.74, 6) is -0.0738. The topological polar surface area (TPSA) is 37.3 Å². The first-order valence-corrected chi connectivity index (χ1v) is 7.57. The summed E-state index contributed by atoms with van der Waals surface area (Å²) in [4.78, 5) is 13.2. The third-order valence-electron chi connectivity index (χ3n) is 3.17. The number of Topliss-reactive ketones (excluding diaryl/α,β-unsaturated/α-hetero) is 1. The number of carbonyl (C=O) groups excluding carboxylic acids is 1. The molecule has 2 aromatic carbocycles. The van der Waals surface area contributed by atoms with Crippen molar-refractivity contribution in [1.29, 1.82) is 0 Å². The van der Waals surface area contributed by atoms with E-state index >= 15 is 0 Å². The van der Waals surface area contributed by atoms with Crippen LogP contribution in [-0.2, 0) is 0 Å². The molecule has 1 aliphatic heterocycles. The largest absolute Gasteiger partial charge is 0.506 e. The molecule has 106 valence electrons. The summed E-state index contributed by atoms with van der Waals surface area (Å²) in [5, 5.41) is 9.63. The number of fused-ring (bicyclic) bond motifs is 1. The van der Waals surface area contributed by atoms with Crippen LogP contribution in [0.4, 0.5) is 4.39 Å². The molecular formula is C16H10ClFO2S. The van der Waals surface area contributed by atoms with Crippen molar-refractivity contribution >= 4 is 35.2 Å². The SMILES string of the molecule is O=C1C(=Cc2ccc(O)c(Cl)c2)CSc2ccc(F)cc21. The lowest BCUT2D eigenvalue weighted by Crippen LogP contribution is -2.12. The Morgan fingerprint density at radius 1 is 1.24 bits per heavy atom. The molecule has 3 rings (SSSR count). The van der Waals surface area contributed by atoms with Crippen LogP contribution in [0.1, 0.15) is 15.9 Å². The van der Waals surface area contributed by atoms with Crippen LogP contribution in [0.15, 0.2) is 46.9 Å². The molecule has 0 saturated heterocycles. The fourth-order valence-electron chi connectivity index (χ4n) is 2.12. The Hall–Kier alpha value is -1.78. The Morgan fingerprint density at radius 2 is 2.05 bits per heavy atom. The van der Waals surface area contributed by atoms with Crippen LogP contribution in [0.25, 0.3) is 6.08 Å². The molecule has 2 nitrogen and oxygen atoms in total. The molecule has 0 spiro atoms. The second-order valence-electron chi connectivity index (χ2n) is 4.64. The average molecular weight is 321 g/mol. The molecular weight excluding hydrogens is 311 g/mol. The Balaban J connectivity index is 1.99. The molecule has 0 saturated carbocycles. The number of carbonyl (C=O) groups is 1. The van der Waals surface area contributed by atoms with Crippen molar-refractivity contribution in [3.05, 3.63) is 63.9 Å². The van der Waals surface area contributed by atoms with E-state index in [2.05, 4.69) is 0 Å². The lowest BCUT2D eigenvalue weighted by Gasteiger charge is -2.17. The van der Waals surface area contributed by atoms with Crippen molar-refractivity contribution < 1.29 is 14.3 Å². The predicted molar refractivity (Wildman–Crippen MR) is 82.5 cm³/mol. The Labute approximate surface area is 130 Å². The van der Waals surface area contributed by atoms with Crippen molar-refractivity contribution in [2.24, 2.45) is 0 Å². The summed E-state index contributed by atoms with van der Waals surface area (Å²) in [7, 11) is 0. The first-order valence-electron chi connectivity index (χ1n) is 6.21. The monoisotopic (exact) mass is 320 g/mol. The molecule has 0 unspecified atom stereocenters. The summed E-state index contributed by atoms with van der Waals surface area (Å²) in [5.41, 5.74) is 1.70. The fraction of sp³-hybridized carbons (Fsp3) is 0.0625. The standard InChI is InChI=1S/C16H10ClFO2S/c17-13-6-9(1-3-14(13)19)5-10-8-21-15-4-2-11(18)7-12(15)16(10)20/h1-7,19H,8H2. The van der Waals surface area contributed by atoms with Crippen LogP contribution < -0.4 is 0 Å². The Morgan fingerprint density at radius 3 is 2.81 bits per heavy atom. The highest BCUT2D eigenvalue weighted by Gasteiger charge is 2.23. The number of aromatic hydroxyl groups is 1. The number of ketones is 1. The highest BCUT2D eigenvalue weighted by molar-refractivity contribution is 7.99. The van der Waals surface area contributed by atoms with Gasteiger partial charge in [-0.15, -0.1) is 11.8 Å². The van der Waals surface area contributed by atoms with Gasteiger partial charge in [0, 0.05) is 21.8 Å². The first-order chi connectivity index (χ1) is 10.0. The number of rotatable bonds is 1. The molecule has 0 aliphatic carbocycles. The van der Waals surface area contributed by atoms with Crippen molar-refractivity contribution in [2.75, 3.05) is 5.75 Å². The van der Waals surface area contributed by atoms with Gasteiger partial charge in [-0.25, -0.2) is 4.39 Å². The van der Waals surface area contributed by atoms with E-state index in [0.717, 1.165) is 10.5 Å². The summed E-state index contributed by atoms with van der Waals surface area (Å²) < 4.78 is 13.3. The number of hydrogen-bond donors (Lipinski definition) is 1. The van der Waals surface area contributed by atoms with E-state index in [4.69, 9.17) is 11.6 Å². The van der Waals surface area contributed by atoms with Gasteiger partial charge in [0.2, 0.25) is 0 Å². The minimum Gasteiger partial charge on any atom is -0.506 e. The van der Waals surface area contributed by atoms with Gasteiger partial charge in [-0.1, -0.05) is 17.7 Å². The maximum absolute atomic E-state index is 13.3. The van der Waals surface area contributed by atoms with E-state index in [1.54, 1.807) is 24.3 Å². The zero-order valence-corrected chi connectivity index (χ0v) is 12.3. The van der Waals surface area contributed by atoms with Crippen molar-refractivity contribution in [2.45, 2.75) is 4.90 Å². The maximum Gasteiger partial charge on any atom is 0.191 e. The third-order valence-corrected chi connectivity index (χ3v) is 4.60. The van der Waals surface area contributed by atoms with Crippen molar-refractivity contribution in [3.63, 3.8) is 0 Å². The van der Waals surface area contributed by atoms with Crippen LogP contribution in [0.5, 0.6) is 5.75 Å². The van der Waals surface area contributed by atoms with Crippen LogP contribution in [0.3, 0.4) is 0 Å². The summed E-state index contributed by atoms with van der Waals surface area (Å²) in [6, 6.07) is 8.98. The molecule has 0 radical (unpaired) electrons. The number of phenols is 1. The van der Waals surface area contributed by atoms with E-state index in [0.29, 0.717) is 16.9 Å². The van der Waals surface area contributed by atoms with E-state index in [-0.39, 0.29) is 16.6 Å². The maximum atomic E-state index is 13.3. The highest BCUT2D eigenvalue weighted by Crippen LogP contribution is 2.34. The predicted octanol–water partition coefficient (Wildman–Crippen LogP) is 4.56. The number of hydrogen-bond acceptors (Lipinski definition) is 3. The fourth-order valence-corrected chi connectivity index (χ4v) is 3.31. The number of phenolic OH excluding ortho intramolecular Hbond substituents is 1. The molecule has 1 aliphatic rings. The minimum atomic E-state index is -0.420. The first kappa shape index (κ1) is 14.2. The van der Waals surface area contributed by atoms with Gasteiger partial charge < -0.3 is 5.11 Å². The van der Waals surface area contributed by atoms with Gasteiger partial charge in [0.15, 0.2) is 5.78 Å². The molecule has 0 aromatic heterocycles. The van der Waals surface area contributed by atoms with Crippen LogP contribution in [-0.4, -0.2) is 16.6 Å². The minimum absolute atomic E-state index is 0.00409. The van der Waals surface area contributed by atoms with Gasteiger partial charge in [-0.2, -0.15) is 0 Å². The molecule has 2 aromatic rings. The normalized spacial score (nSPS) is 16.1. The molecule has 0 fully saturated rings. The van der Waals surface area contributed by atoms with Crippen LogP contribution >= 0.6 is 23.4 Å². The smallest absolute Gasteiger partial charge is 0.191 e. The van der Waals surface area contributed by atoms with E-state index < -0.39 is 5.82 Å². The quantitative estimate of drug-likeness (QED) is 0.783. The van der Waals surface area contributed by atoms with E-state index in [1.165, 1.54) is 30.0 Å². The zero-order chi connectivity index (χ0) is 15.0. The summed E-state index contributed by atoms with van der Waals surface area (Å²) in [6.07, 6.45) is 1.72. The van der Waals surface area contributed by atoms with Crippen molar-refractivity contribution in [3.8, 4) is 5.75 Å². The highest BCUT2D eigenvalue weighted by atomic mass is 35.5. The van der Waals surface area contributed by atoms with Gasteiger partial charge in [0.1, 0.15) is 11.6 Å². The number of halogens is 2.